The van der Waals surface area contributed by atoms with Crippen LogP contribution < -0.4 is 16.2 Å². The molecule has 0 saturated heterocycles. The van der Waals surface area contributed by atoms with Gasteiger partial charge in [0.1, 0.15) is 0 Å². The Balaban J connectivity index is 0.00000361. The van der Waals surface area contributed by atoms with Gasteiger partial charge in [-0.2, -0.15) is 0 Å². The fraction of sp³-hybridized carbons (Fsp3) is 0.417. The molecule has 1 aromatic carbocycles. The fourth-order valence-corrected chi connectivity index (χ4v) is 1.90. The zero-order valence-electron chi connectivity index (χ0n) is 11.8. The zero-order valence-corrected chi connectivity index (χ0v) is 14.9. The molecule has 0 amide bonds. The lowest BCUT2D eigenvalue weighted by molar-refractivity contribution is 0.508. The number of hydrogen-bond acceptors (Lipinski definition) is 3. The lowest BCUT2D eigenvalue weighted by Gasteiger charge is -2.20. The van der Waals surface area contributed by atoms with Crippen LogP contribution >= 0.6 is 24.0 Å². The average Bonchev–Trinajstić information content (AvgIpc) is 2.23. The molecule has 0 bridgehead atoms. The van der Waals surface area contributed by atoms with Gasteiger partial charge in [-0.25, -0.2) is 18.5 Å². The molecule has 0 aliphatic heterocycles. The standard InChI is InChI=1S/C12H20N4O2S.HI/c1-12(2,3)16-11(13)15-8-9-4-6-10(7-5-9)19(14,17)18;/h4-7H,8H2,1-3H3,(H3,13,15,16)(H2,14,17,18);1H. The van der Waals surface area contributed by atoms with Gasteiger partial charge in [-0.3, -0.25) is 0 Å². The van der Waals surface area contributed by atoms with E-state index in [1.54, 1.807) is 12.1 Å². The molecular weight excluding hydrogens is 391 g/mol. The van der Waals surface area contributed by atoms with Crippen LogP contribution in [0.5, 0.6) is 0 Å². The van der Waals surface area contributed by atoms with E-state index >= 15 is 0 Å². The number of guanidine groups is 1. The maximum Gasteiger partial charge on any atom is 0.238 e. The topological polar surface area (TPSA) is 111 Å². The minimum atomic E-state index is -3.65. The Morgan fingerprint density at radius 2 is 1.75 bits per heavy atom. The van der Waals surface area contributed by atoms with Crippen LogP contribution in [0.15, 0.2) is 34.2 Å². The van der Waals surface area contributed by atoms with Gasteiger partial charge in [0.05, 0.1) is 11.4 Å². The Kier molecular flexibility index (Phi) is 6.91. The van der Waals surface area contributed by atoms with Crippen molar-refractivity contribution in [2.45, 2.75) is 37.8 Å². The van der Waals surface area contributed by atoms with Crippen LogP contribution in [-0.2, 0) is 16.6 Å². The zero-order chi connectivity index (χ0) is 14.7. The van der Waals surface area contributed by atoms with Crippen molar-refractivity contribution in [2.24, 2.45) is 15.9 Å². The first-order chi connectivity index (χ1) is 8.58. The highest BCUT2D eigenvalue weighted by Gasteiger charge is 2.10. The number of hydrogen-bond donors (Lipinski definition) is 3. The van der Waals surface area contributed by atoms with E-state index in [1.807, 2.05) is 20.8 Å². The van der Waals surface area contributed by atoms with Crippen LogP contribution in [0, 0.1) is 0 Å². The number of nitrogens with zero attached hydrogens (tertiary/aromatic N) is 1. The van der Waals surface area contributed by atoms with E-state index in [1.165, 1.54) is 12.1 Å². The molecule has 6 nitrogen and oxygen atoms in total. The monoisotopic (exact) mass is 412 g/mol. The molecule has 0 aliphatic rings. The summed E-state index contributed by atoms with van der Waals surface area (Å²) in [6, 6.07) is 6.22. The van der Waals surface area contributed by atoms with Gasteiger partial charge in [-0.05, 0) is 38.5 Å². The summed E-state index contributed by atoms with van der Waals surface area (Å²) in [5.74, 6) is 0.350. The Morgan fingerprint density at radius 1 is 1.25 bits per heavy atom. The molecule has 0 fully saturated rings. The maximum atomic E-state index is 11.1. The number of benzene rings is 1. The number of primary sulfonamides is 1. The number of sulfonamides is 1. The van der Waals surface area contributed by atoms with Crippen LogP contribution in [0.1, 0.15) is 26.3 Å². The second kappa shape index (κ2) is 7.23. The molecule has 0 saturated carbocycles. The first kappa shape index (κ1) is 19.1. The van der Waals surface area contributed by atoms with Crippen molar-refractivity contribution in [1.82, 2.24) is 5.32 Å². The molecule has 0 unspecified atom stereocenters. The fourth-order valence-electron chi connectivity index (χ4n) is 1.38. The lowest BCUT2D eigenvalue weighted by atomic mass is 10.1. The van der Waals surface area contributed by atoms with Crippen LogP contribution in [0.3, 0.4) is 0 Å². The Hall–Kier alpha value is -0.870. The average molecular weight is 412 g/mol. The number of rotatable bonds is 3. The van der Waals surface area contributed by atoms with Gasteiger partial charge >= 0.3 is 0 Å². The molecule has 0 aliphatic carbocycles. The van der Waals surface area contributed by atoms with Crippen molar-refractivity contribution in [1.29, 1.82) is 0 Å². The first-order valence-electron chi connectivity index (χ1n) is 5.78. The summed E-state index contributed by atoms with van der Waals surface area (Å²) in [5, 5.41) is 8.05. The highest BCUT2D eigenvalue weighted by molar-refractivity contribution is 14.0. The Bertz CT molecular complexity index is 562. The predicted molar refractivity (Wildman–Crippen MR) is 91.4 cm³/mol. The molecule has 1 aromatic rings. The molecule has 1 rings (SSSR count). The molecule has 0 spiro atoms. The van der Waals surface area contributed by atoms with Crippen molar-refractivity contribution in [3.63, 3.8) is 0 Å². The molecular formula is C12H21IN4O2S. The van der Waals surface area contributed by atoms with E-state index in [4.69, 9.17) is 10.9 Å². The molecule has 0 aromatic heterocycles. The summed E-state index contributed by atoms with van der Waals surface area (Å²) in [5.41, 5.74) is 6.43. The third-order valence-corrected chi connectivity index (χ3v) is 3.12. The minimum absolute atomic E-state index is 0. The van der Waals surface area contributed by atoms with Gasteiger partial charge in [-0.15, -0.1) is 24.0 Å². The third kappa shape index (κ3) is 7.06. The van der Waals surface area contributed by atoms with E-state index in [0.29, 0.717) is 12.5 Å². The third-order valence-electron chi connectivity index (χ3n) is 2.19. The quantitative estimate of drug-likeness (QED) is 0.393. The molecule has 20 heavy (non-hydrogen) atoms. The summed E-state index contributed by atoms with van der Waals surface area (Å²) >= 11 is 0. The van der Waals surface area contributed by atoms with E-state index in [-0.39, 0.29) is 34.4 Å². The minimum Gasteiger partial charge on any atom is -0.370 e. The molecule has 8 heteroatoms. The number of aliphatic imine (C=N–C) groups is 1. The first-order valence-corrected chi connectivity index (χ1v) is 7.32. The van der Waals surface area contributed by atoms with Crippen molar-refractivity contribution >= 4 is 40.0 Å². The number of halogens is 1. The van der Waals surface area contributed by atoms with Crippen LogP contribution in [0.25, 0.3) is 0 Å². The molecule has 0 atom stereocenters. The number of nitrogens with two attached hydrogens (primary N) is 2. The molecule has 114 valence electrons. The summed E-state index contributed by atoms with van der Waals surface area (Å²) in [6.45, 7) is 6.32. The largest absolute Gasteiger partial charge is 0.370 e. The normalized spacial score (nSPS) is 12.7. The van der Waals surface area contributed by atoms with E-state index in [0.717, 1.165) is 5.56 Å². The predicted octanol–water partition coefficient (Wildman–Crippen LogP) is 1.15. The van der Waals surface area contributed by atoms with Crippen molar-refractivity contribution < 1.29 is 8.42 Å². The Morgan fingerprint density at radius 3 is 2.15 bits per heavy atom. The highest BCUT2D eigenvalue weighted by atomic mass is 127. The van der Waals surface area contributed by atoms with Gasteiger partial charge in [0.2, 0.25) is 10.0 Å². The van der Waals surface area contributed by atoms with Gasteiger partial charge in [0.15, 0.2) is 5.96 Å². The second-order valence-corrected chi connectivity index (χ2v) is 6.83. The van der Waals surface area contributed by atoms with Crippen molar-refractivity contribution in [3.8, 4) is 0 Å². The SMILES string of the molecule is CC(C)(C)NC(N)=NCc1ccc(S(N)(=O)=O)cc1.I. The lowest BCUT2D eigenvalue weighted by Crippen LogP contribution is -2.44. The summed E-state index contributed by atoms with van der Waals surface area (Å²) < 4.78 is 22.2. The molecule has 0 heterocycles. The van der Waals surface area contributed by atoms with E-state index in [2.05, 4.69) is 10.3 Å². The van der Waals surface area contributed by atoms with Crippen molar-refractivity contribution in [3.05, 3.63) is 29.8 Å². The Labute approximate surface area is 137 Å². The van der Waals surface area contributed by atoms with E-state index in [9.17, 15) is 8.42 Å². The highest BCUT2D eigenvalue weighted by Crippen LogP contribution is 2.09. The summed E-state index contributed by atoms with van der Waals surface area (Å²) in [7, 11) is -3.65. The molecule has 0 radical (unpaired) electrons. The van der Waals surface area contributed by atoms with Crippen LogP contribution in [0.4, 0.5) is 0 Å². The van der Waals surface area contributed by atoms with Gasteiger partial charge < -0.3 is 11.1 Å². The smallest absolute Gasteiger partial charge is 0.238 e. The van der Waals surface area contributed by atoms with E-state index < -0.39 is 10.0 Å². The van der Waals surface area contributed by atoms with Gasteiger partial charge in [0.25, 0.3) is 0 Å². The maximum absolute atomic E-state index is 11.1. The summed E-state index contributed by atoms with van der Waals surface area (Å²) in [6.07, 6.45) is 0. The summed E-state index contributed by atoms with van der Waals surface area (Å²) in [4.78, 5) is 4.26. The molecule has 5 N–H and O–H groups in total. The van der Waals surface area contributed by atoms with Crippen LogP contribution in [0.2, 0.25) is 0 Å². The van der Waals surface area contributed by atoms with Crippen molar-refractivity contribution in [2.75, 3.05) is 0 Å². The second-order valence-electron chi connectivity index (χ2n) is 5.27. The van der Waals surface area contributed by atoms with Crippen LogP contribution in [-0.4, -0.2) is 19.9 Å². The number of nitrogens with one attached hydrogen (secondary N) is 1. The van der Waals surface area contributed by atoms with Gasteiger partial charge in [0, 0.05) is 5.54 Å². The van der Waals surface area contributed by atoms with Gasteiger partial charge in [-0.1, -0.05) is 12.1 Å².